The zero-order valence-electron chi connectivity index (χ0n) is 9.57. The van der Waals surface area contributed by atoms with Crippen molar-refractivity contribution in [2.24, 2.45) is 5.92 Å². The second kappa shape index (κ2) is 6.40. The molecule has 2 N–H and O–H groups in total. The van der Waals surface area contributed by atoms with Crippen LogP contribution in [-0.4, -0.2) is 18.2 Å². The standard InChI is InChI=1S/C12H20N2O/c1-10(2)9-15-7-3-4-11-5-6-14-12(13)8-11/h5-6,8,10H,3-4,7,9H2,1-2H3,(H2,13,14). The maximum Gasteiger partial charge on any atom is 0.123 e. The molecule has 0 radical (unpaired) electrons. The lowest BCUT2D eigenvalue weighted by Gasteiger charge is -2.06. The van der Waals surface area contributed by atoms with Crippen LogP contribution >= 0.6 is 0 Å². The van der Waals surface area contributed by atoms with E-state index in [4.69, 9.17) is 10.5 Å². The molecule has 3 nitrogen and oxygen atoms in total. The molecule has 1 rings (SSSR count). The average molecular weight is 208 g/mol. The van der Waals surface area contributed by atoms with E-state index in [1.807, 2.05) is 12.1 Å². The maximum atomic E-state index is 5.59. The Morgan fingerprint density at radius 2 is 2.27 bits per heavy atom. The first kappa shape index (κ1) is 12.0. The van der Waals surface area contributed by atoms with Gasteiger partial charge in [0.25, 0.3) is 0 Å². The van der Waals surface area contributed by atoms with Crippen LogP contribution in [-0.2, 0) is 11.2 Å². The van der Waals surface area contributed by atoms with Gasteiger partial charge in [0.2, 0.25) is 0 Å². The van der Waals surface area contributed by atoms with Crippen LogP contribution in [0.15, 0.2) is 18.3 Å². The van der Waals surface area contributed by atoms with E-state index in [-0.39, 0.29) is 0 Å². The predicted octanol–water partition coefficient (Wildman–Crippen LogP) is 2.27. The molecule has 0 aliphatic rings. The van der Waals surface area contributed by atoms with Gasteiger partial charge in [-0.05, 0) is 36.5 Å². The van der Waals surface area contributed by atoms with Gasteiger partial charge in [-0.2, -0.15) is 0 Å². The summed E-state index contributed by atoms with van der Waals surface area (Å²) in [7, 11) is 0. The Morgan fingerprint density at radius 1 is 1.47 bits per heavy atom. The highest BCUT2D eigenvalue weighted by molar-refractivity contribution is 5.31. The largest absolute Gasteiger partial charge is 0.384 e. The van der Waals surface area contributed by atoms with E-state index in [2.05, 4.69) is 18.8 Å². The molecule has 15 heavy (non-hydrogen) atoms. The van der Waals surface area contributed by atoms with Crippen LogP contribution in [0.25, 0.3) is 0 Å². The van der Waals surface area contributed by atoms with Crippen LogP contribution in [0.5, 0.6) is 0 Å². The lowest BCUT2D eigenvalue weighted by Crippen LogP contribution is -2.04. The molecule has 0 saturated heterocycles. The number of pyridine rings is 1. The lowest BCUT2D eigenvalue weighted by molar-refractivity contribution is 0.108. The first-order valence-electron chi connectivity index (χ1n) is 5.46. The summed E-state index contributed by atoms with van der Waals surface area (Å²) in [5.41, 5.74) is 6.82. The Kier molecular flexibility index (Phi) is 5.12. The van der Waals surface area contributed by atoms with Crippen LogP contribution in [0, 0.1) is 5.92 Å². The predicted molar refractivity (Wildman–Crippen MR) is 62.6 cm³/mol. The molecule has 0 spiro atoms. The summed E-state index contributed by atoms with van der Waals surface area (Å²) in [6.45, 7) is 5.98. The van der Waals surface area contributed by atoms with Crippen molar-refractivity contribution in [3.8, 4) is 0 Å². The maximum absolute atomic E-state index is 5.59. The highest BCUT2D eigenvalue weighted by atomic mass is 16.5. The first-order valence-corrected chi connectivity index (χ1v) is 5.46. The fraction of sp³-hybridized carbons (Fsp3) is 0.583. The van der Waals surface area contributed by atoms with Crippen molar-refractivity contribution in [1.29, 1.82) is 0 Å². The summed E-state index contributed by atoms with van der Waals surface area (Å²) < 4.78 is 5.50. The van der Waals surface area contributed by atoms with Gasteiger partial charge in [0.15, 0.2) is 0 Å². The second-order valence-electron chi connectivity index (χ2n) is 4.16. The van der Waals surface area contributed by atoms with Gasteiger partial charge in [-0.25, -0.2) is 4.98 Å². The van der Waals surface area contributed by atoms with E-state index in [0.29, 0.717) is 11.7 Å². The molecule has 3 heteroatoms. The van der Waals surface area contributed by atoms with E-state index in [1.165, 1.54) is 5.56 Å². The van der Waals surface area contributed by atoms with Crippen LogP contribution in [0.2, 0.25) is 0 Å². The summed E-state index contributed by atoms with van der Waals surface area (Å²) >= 11 is 0. The number of nitrogen functional groups attached to an aromatic ring is 1. The molecule has 0 amide bonds. The Bertz CT molecular complexity index is 287. The molecule has 0 aliphatic carbocycles. The fourth-order valence-electron chi connectivity index (χ4n) is 1.35. The number of anilines is 1. The van der Waals surface area contributed by atoms with Crippen LogP contribution in [0.3, 0.4) is 0 Å². The van der Waals surface area contributed by atoms with Crippen molar-refractivity contribution in [2.45, 2.75) is 26.7 Å². The third-order valence-electron chi connectivity index (χ3n) is 2.05. The van der Waals surface area contributed by atoms with Gasteiger partial charge in [0, 0.05) is 19.4 Å². The average Bonchev–Trinajstić information content (AvgIpc) is 2.17. The number of hydrogen-bond donors (Lipinski definition) is 1. The summed E-state index contributed by atoms with van der Waals surface area (Å²) in [5, 5.41) is 0. The number of nitrogens with zero attached hydrogens (tertiary/aromatic N) is 1. The zero-order chi connectivity index (χ0) is 11.1. The third-order valence-corrected chi connectivity index (χ3v) is 2.05. The number of nitrogens with two attached hydrogens (primary N) is 1. The third kappa shape index (κ3) is 5.37. The highest BCUT2D eigenvalue weighted by Crippen LogP contribution is 2.06. The molecule has 0 aliphatic heterocycles. The number of rotatable bonds is 6. The van der Waals surface area contributed by atoms with Crippen molar-refractivity contribution >= 4 is 5.82 Å². The summed E-state index contributed by atoms with van der Waals surface area (Å²) in [4.78, 5) is 3.95. The van der Waals surface area contributed by atoms with Crippen molar-refractivity contribution in [2.75, 3.05) is 18.9 Å². The molecule has 0 unspecified atom stereocenters. The summed E-state index contributed by atoms with van der Waals surface area (Å²) in [6, 6.07) is 3.92. The van der Waals surface area contributed by atoms with Crippen LogP contribution < -0.4 is 5.73 Å². The second-order valence-corrected chi connectivity index (χ2v) is 4.16. The summed E-state index contributed by atoms with van der Waals surface area (Å²) in [6.07, 6.45) is 3.79. The molecule has 0 saturated carbocycles. The molecule has 0 fully saturated rings. The van der Waals surface area contributed by atoms with Gasteiger partial charge in [0.05, 0.1) is 0 Å². The van der Waals surface area contributed by atoms with E-state index in [9.17, 15) is 0 Å². The molecule has 84 valence electrons. The van der Waals surface area contributed by atoms with Gasteiger partial charge in [-0.3, -0.25) is 0 Å². The van der Waals surface area contributed by atoms with E-state index in [1.54, 1.807) is 6.20 Å². The van der Waals surface area contributed by atoms with Crippen molar-refractivity contribution in [3.05, 3.63) is 23.9 Å². The number of aryl methyl sites for hydroxylation is 1. The minimum absolute atomic E-state index is 0.593. The molecule has 1 heterocycles. The van der Waals surface area contributed by atoms with Crippen molar-refractivity contribution in [3.63, 3.8) is 0 Å². The van der Waals surface area contributed by atoms with Gasteiger partial charge in [0.1, 0.15) is 5.82 Å². The summed E-state index contributed by atoms with van der Waals surface area (Å²) in [5.74, 6) is 1.21. The highest BCUT2D eigenvalue weighted by Gasteiger charge is 1.96. The Morgan fingerprint density at radius 3 is 2.93 bits per heavy atom. The topological polar surface area (TPSA) is 48.1 Å². The molecule has 0 bridgehead atoms. The van der Waals surface area contributed by atoms with E-state index >= 15 is 0 Å². The van der Waals surface area contributed by atoms with Crippen LogP contribution in [0.1, 0.15) is 25.8 Å². The first-order chi connectivity index (χ1) is 7.18. The van der Waals surface area contributed by atoms with E-state index < -0.39 is 0 Å². The molecular formula is C12H20N2O. The van der Waals surface area contributed by atoms with Crippen molar-refractivity contribution in [1.82, 2.24) is 4.98 Å². The monoisotopic (exact) mass is 208 g/mol. The lowest BCUT2D eigenvalue weighted by atomic mass is 10.1. The van der Waals surface area contributed by atoms with Crippen molar-refractivity contribution < 1.29 is 4.74 Å². The van der Waals surface area contributed by atoms with Gasteiger partial charge >= 0.3 is 0 Å². The normalized spacial score (nSPS) is 10.9. The minimum atomic E-state index is 0.593. The molecular weight excluding hydrogens is 188 g/mol. The fourth-order valence-corrected chi connectivity index (χ4v) is 1.35. The quantitative estimate of drug-likeness (QED) is 0.729. The minimum Gasteiger partial charge on any atom is -0.384 e. The number of aromatic nitrogens is 1. The molecule has 0 atom stereocenters. The smallest absolute Gasteiger partial charge is 0.123 e. The molecule has 1 aromatic rings. The Balaban J connectivity index is 2.15. The van der Waals surface area contributed by atoms with E-state index in [0.717, 1.165) is 26.1 Å². The van der Waals surface area contributed by atoms with Gasteiger partial charge in [-0.1, -0.05) is 13.8 Å². The SMILES string of the molecule is CC(C)COCCCc1ccnc(N)c1. The number of ether oxygens (including phenoxy) is 1. The van der Waals surface area contributed by atoms with Gasteiger partial charge in [-0.15, -0.1) is 0 Å². The Labute approximate surface area is 91.7 Å². The Hall–Kier alpha value is -1.09. The van der Waals surface area contributed by atoms with Gasteiger partial charge < -0.3 is 10.5 Å². The van der Waals surface area contributed by atoms with Crippen LogP contribution in [0.4, 0.5) is 5.82 Å². The zero-order valence-corrected chi connectivity index (χ0v) is 9.57. The molecule has 0 aromatic carbocycles. The molecule has 1 aromatic heterocycles. The number of hydrogen-bond acceptors (Lipinski definition) is 3.